The second-order valence-corrected chi connectivity index (χ2v) is 7.18. The van der Waals surface area contributed by atoms with Gasteiger partial charge < -0.3 is 0 Å². The van der Waals surface area contributed by atoms with E-state index in [4.69, 9.17) is 11.6 Å². The Bertz CT molecular complexity index is 826. The Kier molecular flexibility index (Phi) is 3.51. The van der Waals surface area contributed by atoms with Gasteiger partial charge in [0.1, 0.15) is 0 Å². The van der Waals surface area contributed by atoms with Gasteiger partial charge in [0.05, 0.1) is 17.1 Å². The van der Waals surface area contributed by atoms with E-state index in [2.05, 4.69) is 9.71 Å². The predicted molar refractivity (Wildman–Crippen MR) is 78.5 cm³/mol. The van der Waals surface area contributed by atoms with Crippen LogP contribution in [0.2, 0.25) is 5.02 Å². The molecule has 2 aromatic heterocycles. The molecule has 0 atom stereocenters. The highest BCUT2D eigenvalue weighted by Gasteiger charge is 2.14. The molecule has 0 spiro atoms. The molecule has 2 heterocycles. The number of rotatable bonds is 4. The van der Waals surface area contributed by atoms with Crippen molar-refractivity contribution in [1.29, 1.82) is 0 Å². The number of halogens is 1. The number of hydrogen-bond acceptors (Lipinski definition) is 4. The molecule has 8 heteroatoms. The number of hydrogen-bond donors (Lipinski definition) is 1. The molecule has 0 saturated heterocycles. The number of benzene rings is 1. The highest BCUT2D eigenvalue weighted by molar-refractivity contribution is 7.89. The average Bonchev–Trinajstić information content (AvgIpc) is 2.97. The van der Waals surface area contributed by atoms with Crippen molar-refractivity contribution in [3.8, 4) is 0 Å². The third-order valence-electron chi connectivity index (χ3n) is 2.69. The highest BCUT2D eigenvalue weighted by atomic mass is 35.5. The first-order chi connectivity index (χ1) is 9.54. The van der Waals surface area contributed by atoms with E-state index >= 15 is 0 Å². The van der Waals surface area contributed by atoms with E-state index in [0.717, 1.165) is 4.96 Å². The second kappa shape index (κ2) is 5.17. The fourth-order valence-electron chi connectivity index (χ4n) is 1.75. The maximum absolute atomic E-state index is 12.1. The summed E-state index contributed by atoms with van der Waals surface area (Å²) in [5.74, 6) is 0. The molecular formula is C12H10ClN3O2S2. The lowest BCUT2D eigenvalue weighted by molar-refractivity contribution is 0.580. The number of imidazole rings is 1. The SMILES string of the molecule is O=S(=O)(NCc1cn2ccsc2n1)c1cccc(Cl)c1. The lowest BCUT2D eigenvalue weighted by Gasteiger charge is -2.05. The standard InChI is InChI=1S/C12H10ClN3O2S2/c13-9-2-1-3-11(6-9)20(17,18)14-7-10-8-16-4-5-19-12(16)15-10/h1-6,8,14H,7H2. The number of sulfonamides is 1. The molecule has 104 valence electrons. The third-order valence-corrected chi connectivity index (χ3v) is 5.10. The minimum absolute atomic E-state index is 0.142. The molecule has 0 amide bonds. The number of nitrogens with one attached hydrogen (secondary N) is 1. The molecule has 1 N–H and O–H groups in total. The largest absolute Gasteiger partial charge is 0.297 e. The number of nitrogens with zero attached hydrogens (tertiary/aromatic N) is 2. The van der Waals surface area contributed by atoms with E-state index in [1.165, 1.54) is 23.5 Å². The van der Waals surface area contributed by atoms with Crippen molar-refractivity contribution >= 4 is 37.9 Å². The first-order valence-electron chi connectivity index (χ1n) is 5.71. The van der Waals surface area contributed by atoms with Crippen LogP contribution in [0, 0.1) is 0 Å². The zero-order valence-electron chi connectivity index (χ0n) is 10.2. The van der Waals surface area contributed by atoms with Crippen LogP contribution in [-0.2, 0) is 16.6 Å². The minimum Gasteiger partial charge on any atom is -0.297 e. The summed E-state index contributed by atoms with van der Waals surface area (Å²) in [5.41, 5.74) is 0.669. The smallest absolute Gasteiger partial charge is 0.240 e. The Morgan fingerprint density at radius 3 is 3.00 bits per heavy atom. The fourth-order valence-corrected chi connectivity index (χ4v) is 3.77. The molecule has 0 saturated carbocycles. The Morgan fingerprint density at radius 2 is 2.25 bits per heavy atom. The Morgan fingerprint density at radius 1 is 1.40 bits per heavy atom. The van der Waals surface area contributed by atoms with Gasteiger partial charge in [0, 0.05) is 22.8 Å². The van der Waals surface area contributed by atoms with Crippen molar-refractivity contribution < 1.29 is 8.42 Å². The van der Waals surface area contributed by atoms with Crippen LogP contribution in [0.15, 0.2) is 46.9 Å². The van der Waals surface area contributed by atoms with Crippen LogP contribution in [0.1, 0.15) is 5.69 Å². The van der Waals surface area contributed by atoms with Gasteiger partial charge in [-0.15, -0.1) is 11.3 Å². The molecule has 0 fully saturated rings. The van der Waals surface area contributed by atoms with Crippen LogP contribution in [0.25, 0.3) is 4.96 Å². The summed E-state index contributed by atoms with van der Waals surface area (Å²) >= 11 is 7.30. The zero-order valence-corrected chi connectivity index (χ0v) is 12.5. The molecule has 3 aromatic rings. The van der Waals surface area contributed by atoms with Crippen molar-refractivity contribution in [1.82, 2.24) is 14.1 Å². The van der Waals surface area contributed by atoms with Gasteiger partial charge in [0.2, 0.25) is 10.0 Å². The third kappa shape index (κ3) is 2.71. The Balaban J connectivity index is 1.78. The average molecular weight is 328 g/mol. The summed E-state index contributed by atoms with van der Waals surface area (Å²) in [4.78, 5) is 5.30. The minimum atomic E-state index is -3.58. The van der Waals surface area contributed by atoms with Crippen LogP contribution < -0.4 is 4.72 Å². The maximum Gasteiger partial charge on any atom is 0.240 e. The zero-order chi connectivity index (χ0) is 14.2. The summed E-state index contributed by atoms with van der Waals surface area (Å²) in [7, 11) is -3.58. The number of aromatic nitrogens is 2. The Labute approximate surface area is 124 Å². The summed E-state index contributed by atoms with van der Waals surface area (Å²) in [6.45, 7) is 0.142. The van der Waals surface area contributed by atoms with Gasteiger partial charge >= 0.3 is 0 Å². The van der Waals surface area contributed by atoms with Gasteiger partial charge in [-0.25, -0.2) is 18.1 Å². The van der Waals surface area contributed by atoms with E-state index in [0.29, 0.717) is 10.7 Å². The van der Waals surface area contributed by atoms with E-state index < -0.39 is 10.0 Å². The van der Waals surface area contributed by atoms with Gasteiger partial charge in [-0.05, 0) is 18.2 Å². The summed E-state index contributed by atoms with van der Waals surface area (Å²) in [6.07, 6.45) is 3.67. The summed E-state index contributed by atoms with van der Waals surface area (Å²) < 4.78 is 28.6. The fraction of sp³-hybridized carbons (Fsp3) is 0.0833. The second-order valence-electron chi connectivity index (χ2n) is 4.11. The normalized spacial score (nSPS) is 12.1. The van der Waals surface area contributed by atoms with Crippen LogP contribution in [0.4, 0.5) is 0 Å². The summed E-state index contributed by atoms with van der Waals surface area (Å²) in [5, 5.41) is 2.30. The lowest BCUT2D eigenvalue weighted by Crippen LogP contribution is -2.23. The molecule has 5 nitrogen and oxygen atoms in total. The molecule has 0 bridgehead atoms. The van der Waals surface area contributed by atoms with Crippen LogP contribution in [0.5, 0.6) is 0 Å². The monoisotopic (exact) mass is 327 g/mol. The predicted octanol–water partition coefficient (Wildman–Crippen LogP) is 2.53. The van der Waals surface area contributed by atoms with E-state index in [1.54, 1.807) is 18.3 Å². The van der Waals surface area contributed by atoms with Crippen molar-refractivity contribution in [2.24, 2.45) is 0 Å². The van der Waals surface area contributed by atoms with Gasteiger partial charge in [-0.1, -0.05) is 17.7 Å². The van der Waals surface area contributed by atoms with Crippen molar-refractivity contribution in [3.05, 3.63) is 52.8 Å². The van der Waals surface area contributed by atoms with Gasteiger partial charge in [0.25, 0.3) is 0 Å². The molecule has 0 aliphatic rings. The van der Waals surface area contributed by atoms with E-state index in [9.17, 15) is 8.42 Å². The molecule has 3 rings (SSSR count). The number of thiazole rings is 1. The quantitative estimate of drug-likeness (QED) is 0.801. The molecule has 0 radical (unpaired) electrons. The molecule has 0 aliphatic heterocycles. The van der Waals surface area contributed by atoms with E-state index in [1.807, 2.05) is 16.0 Å². The first-order valence-corrected chi connectivity index (χ1v) is 8.45. The first kappa shape index (κ1) is 13.6. The van der Waals surface area contributed by atoms with Gasteiger partial charge in [0.15, 0.2) is 4.96 Å². The van der Waals surface area contributed by atoms with Crippen LogP contribution in [0.3, 0.4) is 0 Å². The highest BCUT2D eigenvalue weighted by Crippen LogP contribution is 2.16. The van der Waals surface area contributed by atoms with Gasteiger partial charge in [-0.2, -0.15) is 0 Å². The Hall–Kier alpha value is -1.41. The lowest BCUT2D eigenvalue weighted by atomic mass is 10.4. The van der Waals surface area contributed by atoms with Crippen LogP contribution in [-0.4, -0.2) is 17.8 Å². The molecule has 1 aromatic carbocycles. The van der Waals surface area contributed by atoms with Crippen molar-refractivity contribution in [2.75, 3.05) is 0 Å². The molecular weight excluding hydrogens is 318 g/mol. The van der Waals surface area contributed by atoms with Crippen LogP contribution >= 0.6 is 22.9 Å². The topological polar surface area (TPSA) is 63.5 Å². The molecule has 0 aliphatic carbocycles. The van der Waals surface area contributed by atoms with E-state index in [-0.39, 0.29) is 11.4 Å². The van der Waals surface area contributed by atoms with Gasteiger partial charge in [-0.3, -0.25) is 4.40 Å². The molecule has 20 heavy (non-hydrogen) atoms. The van der Waals surface area contributed by atoms with Crippen molar-refractivity contribution in [3.63, 3.8) is 0 Å². The molecule has 0 unspecified atom stereocenters. The maximum atomic E-state index is 12.1. The van der Waals surface area contributed by atoms with Crippen molar-refractivity contribution in [2.45, 2.75) is 11.4 Å². The summed E-state index contributed by atoms with van der Waals surface area (Å²) in [6, 6.07) is 6.14. The number of fused-ring (bicyclic) bond motifs is 1.